The first-order valence-corrected chi connectivity index (χ1v) is 7.14. The van der Waals surface area contributed by atoms with Gasteiger partial charge in [-0.25, -0.2) is 0 Å². The topological polar surface area (TPSA) is 30.5 Å². The average Bonchev–Trinajstić information content (AvgIpc) is 2.25. The molecule has 1 aliphatic rings. The molecule has 0 aromatic heterocycles. The van der Waals surface area contributed by atoms with E-state index in [9.17, 15) is 0 Å². The predicted octanol–water partition coefficient (Wildman–Crippen LogP) is 3.09. The molecule has 1 unspecified atom stereocenters. The second-order valence-electron chi connectivity index (χ2n) is 5.48. The van der Waals surface area contributed by atoms with E-state index in [0.29, 0.717) is 0 Å². The van der Waals surface area contributed by atoms with Crippen molar-refractivity contribution in [1.29, 1.82) is 0 Å². The molecule has 3 nitrogen and oxygen atoms in total. The van der Waals surface area contributed by atoms with Crippen LogP contribution in [0.3, 0.4) is 0 Å². The number of ether oxygens (including phenoxy) is 2. The molecule has 0 aromatic carbocycles. The Kier molecular flexibility index (Phi) is 7.09. The standard InChI is InChI=1S/C14H29NO2/c1-4-15-11-7-5-9-13-16-12-8-6-10-14(2,3)17-13/h13,15H,4-12H2,1-3H3. The van der Waals surface area contributed by atoms with Gasteiger partial charge >= 0.3 is 0 Å². The molecular formula is C14H29NO2. The summed E-state index contributed by atoms with van der Waals surface area (Å²) >= 11 is 0. The van der Waals surface area contributed by atoms with E-state index < -0.39 is 0 Å². The van der Waals surface area contributed by atoms with Crippen molar-refractivity contribution in [2.45, 2.75) is 71.2 Å². The van der Waals surface area contributed by atoms with Crippen LogP contribution in [0.15, 0.2) is 0 Å². The van der Waals surface area contributed by atoms with Crippen LogP contribution in [0, 0.1) is 0 Å². The van der Waals surface area contributed by atoms with Crippen molar-refractivity contribution in [3.05, 3.63) is 0 Å². The molecule has 0 aliphatic carbocycles. The zero-order chi connectivity index (χ0) is 12.6. The summed E-state index contributed by atoms with van der Waals surface area (Å²) in [4.78, 5) is 0. The zero-order valence-corrected chi connectivity index (χ0v) is 11.8. The monoisotopic (exact) mass is 243 g/mol. The summed E-state index contributed by atoms with van der Waals surface area (Å²) in [6.07, 6.45) is 6.93. The highest BCUT2D eigenvalue weighted by molar-refractivity contribution is 4.71. The first-order valence-electron chi connectivity index (χ1n) is 7.14. The molecule has 1 rings (SSSR count). The van der Waals surface area contributed by atoms with E-state index in [1.165, 1.54) is 25.7 Å². The van der Waals surface area contributed by atoms with Crippen molar-refractivity contribution in [1.82, 2.24) is 5.32 Å². The van der Waals surface area contributed by atoms with Gasteiger partial charge in [-0.15, -0.1) is 0 Å². The van der Waals surface area contributed by atoms with Crippen LogP contribution < -0.4 is 5.32 Å². The molecule has 0 aromatic rings. The van der Waals surface area contributed by atoms with Gasteiger partial charge in [-0.3, -0.25) is 0 Å². The van der Waals surface area contributed by atoms with E-state index in [4.69, 9.17) is 9.47 Å². The second kappa shape index (κ2) is 8.06. The SMILES string of the molecule is CCNCCCCC1OCCCCC(C)(C)O1. The number of hydrogen-bond acceptors (Lipinski definition) is 3. The largest absolute Gasteiger partial charge is 0.353 e. The minimum atomic E-state index is -0.0211. The number of hydrogen-bond donors (Lipinski definition) is 1. The van der Waals surface area contributed by atoms with Crippen LogP contribution in [0.25, 0.3) is 0 Å². The smallest absolute Gasteiger partial charge is 0.158 e. The van der Waals surface area contributed by atoms with Gasteiger partial charge in [0.1, 0.15) is 0 Å². The maximum absolute atomic E-state index is 6.04. The summed E-state index contributed by atoms with van der Waals surface area (Å²) in [7, 11) is 0. The second-order valence-corrected chi connectivity index (χ2v) is 5.48. The van der Waals surface area contributed by atoms with Gasteiger partial charge in [0, 0.05) is 6.61 Å². The van der Waals surface area contributed by atoms with Gasteiger partial charge in [-0.1, -0.05) is 6.92 Å². The lowest BCUT2D eigenvalue weighted by molar-refractivity contribution is -0.214. The molecule has 1 N–H and O–H groups in total. The Balaban J connectivity index is 2.20. The lowest BCUT2D eigenvalue weighted by Crippen LogP contribution is -2.34. The van der Waals surface area contributed by atoms with Crippen LogP contribution in [0.5, 0.6) is 0 Å². The maximum atomic E-state index is 6.04. The normalized spacial score (nSPS) is 25.2. The first-order chi connectivity index (χ1) is 8.14. The Labute approximate surface area is 106 Å². The molecule has 3 heteroatoms. The van der Waals surface area contributed by atoms with Crippen LogP contribution in [0.2, 0.25) is 0 Å². The lowest BCUT2D eigenvalue weighted by atomic mass is 10.0. The summed E-state index contributed by atoms with van der Waals surface area (Å²) < 4.78 is 11.8. The highest BCUT2D eigenvalue weighted by Crippen LogP contribution is 2.25. The van der Waals surface area contributed by atoms with Gasteiger partial charge in [0.25, 0.3) is 0 Å². The molecule has 1 fully saturated rings. The molecule has 0 spiro atoms. The summed E-state index contributed by atoms with van der Waals surface area (Å²) in [5.74, 6) is 0. The molecule has 0 saturated carbocycles. The van der Waals surface area contributed by atoms with Gasteiger partial charge in [0.2, 0.25) is 0 Å². The third kappa shape index (κ3) is 7.02. The average molecular weight is 243 g/mol. The summed E-state index contributed by atoms with van der Waals surface area (Å²) in [6, 6.07) is 0. The summed E-state index contributed by atoms with van der Waals surface area (Å²) in [6.45, 7) is 9.51. The molecular weight excluding hydrogens is 214 g/mol. The zero-order valence-electron chi connectivity index (χ0n) is 11.8. The third-order valence-corrected chi connectivity index (χ3v) is 3.22. The third-order valence-electron chi connectivity index (χ3n) is 3.22. The van der Waals surface area contributed by atoms with Crippen LogP contribution >= 0.6 is 0 Å². The molecule has 102 valence electrons. The fraction of sp³-hybridized carbons (Fsp3) is 1.00. The first kappa shape index (κ1) is 14.9. The highest BCUT2D eigenvalue weighted by atomic mass is 16.7. The van der Waals surface area contributed by atoms with Crippen molar-refractivity contribution in [3.8, 4) is 0 Å². The van der Waals surface area contributed by atoms with Crippen LogP contribution in [0.1, 0.15) is 59.3 Å². The minimum absolute atomic E-state index is 0.00641. The molecule has 1 saturated heterocycles. The van der Waals surface area contributed by atoms with E-state index in [-0.39, 0.29) is 11.9 Å². The molecule has 17 heavy (non-hydrogen) atoms. The van der Waals surface area contributed by atoms with Gasteiger partial charge < -0.3 is 14.8 Å². The molecule has 1 atom stereocenters. The Morgan fingerprint density at radius 2 is 2.06 bits per heavy atom. The van der Waals surface area contributed by atoms with Gasteiger partial charge in [-0.2, -0.15) is 0 Å². The van der Waals surface area contributed by atoms with Gasteiger partial charge in [-0.05, 0) is 65.5 Å². The fourth-order valence-corrected chi connectivity index (χ4v) is 2.20. The van der Waals surface area contributed by atoms with Gasteiger partial charge in [0.05, 0.1) is 5.60 Å². The Morgan fingerprint density at radius 1 is 1.24 bits per heavy atom. The summed E-state index contributed by atoms with van der Waals surface area (Å²) in [5, 5.41) is 3.34. The van der Waals surface area contributed by atoms with E-state index in [1.807, 2.05) is 0 Å². The summed E-state index contributed by atoms with van der Waals surface area (Å²) in [5.41, 5.74) is -0.0211. The minimum Gasteiger partial charge on any atom is -0.353 e. The van der Waals surface area contributed by atoms with Crippen molar-refractivity contribution < 1.29 is 9.47 Å². The Bertz CT molecular complexity index is 195. The van der Waals surface area contributed by atoms with Crippen LogP contribution in [-0.2, 0) is 9.47 Å². The van der Waals surface area contributed by atoms with Crippen molar-refractivity contribution in [3.63, 3.8) is 0 Å². The maximum Gasteiger partial charge on any atom is 0.158 e. The molecule has 1 heterocycles. The molecule has 0 amide bonds. The van der Waals surface area contributed by atoms with Crippen molar-refractivity contribution in [2.24, 2.45) is 0 Å². The predicted molar refractivity (Wildman–Crippen MR) is 71.1 cm³/mol. The Morgan fingerprint density at radius 3 is 2.82 bits per heavy atom. The van der Waals surface area contributed by atoms with Crippen LogP contribution in [-0.4, -0.2) is 31.6 Å². The van der Waals surface area contributed by atoms with E-state index in [1.54, 1.807) is 0 Å². The van der Waals surface area contributed by atoms with Gasteiger partial charge in [0.15, 0.2) is 6.29 Å². The van der Waals surface area contributed by atoms with E-state index >= 15 is 0 Å². The van der Waals surface area contributed by atoms with Crippen molar-refractivity contribution >= 4 is 0 Å². The lowest BCUT2D eigenvalue weighted by Gasteiger charge is -2.33. The quantitative estimate of drug-likeness (QED) is 0.727. The fourth-order valence-electron chi connectivity index (χ4n) is 2.20. The Hall–Kier alpha value is -0.120. The number of rotatable bonds is 6. The van der Waals surface area contributed by atoms with Crippen molar-refractivity contribution in [2.75, 3.05) is 19.7 Å². The molecule has 0 radical (unpaired) electrons. The van der Waals surface area contributed by atoms with Crippen LogP contribution in [0.4, 0.5) is 0 Å². The number of nitrogens with one attached hydrogen (secondary N) is 1. The highest BCUT2D eigenvalue weighted by Gasteiger charge is 2.25. The molecule has 1 aliphatic heterocycles. The number of unbranched alkanes of at least 4 members (excludes halogenated alkanes) is 1. The molecule has 0 bridgehead atoms. The van der Waals surface area contributed by atoms with E-state index in [2.05, 4.69) is 26.1 Å². The van der Waals surface area contributed by atoms with E-state index in [0.717, 1.165) is 32.5 Å².